The lowest BCUT2D eigenvalue weighted by Gasteiger charge is -2.14. The number of methoxy groups -OCH3 is 1. The zero-order chi connectivity index (χ0) is 17.2. The average molecular weight is 332 g/mol. The van der Waals surface area contributed by atoms with Gasteiger partial charge < -0.3 is 9.30 Å². The van der Waals surface area contributed by atoms with E-state index in [1.165, 1.54) is 0 Å². The molecule has 2 heterocycles. The van der Waals surface area contributed by atoms with Crippen molar-refractivity contribution in [2.24, 2.45) is 0 Å². The Morgan fingerprint density at radius 1 is 1.08 bits per heavy atom. The van der Waals surface area contributed by atoms with E-state index < -0.39 is 0 Å². The van der Waals surface area contributed by atoms with Gasteiger partial charge in [0.15, 0.2) is 0 Å². The molecule has 3 aromatic rings. The highest BCUT2D eigenvalue weighted by Crippen LogP contribution is 2.28. The van der Waals surface area contributed by atoms with Crippen LogP contribution in [0.5, 0.6) is 5.75 Å². The Morgan fingerprint density at radius 2 is 1.88 bits per heavy atom. The van der Waals surface area contributed by atoms with E-state index in [0.29, 0.717) is 5.39 Å². The van der Waals surface area contributed by atoms with Gasteiger partial charge in [-0.15, -0.1) is 0 Å². The number of benzene rings is 2. The molecule has 4 nitrogen and oxygen atoms in total. The molecule has 1 aliphatic heterocycles. The van der Waals surface area contributed by atoms with Gasteiger partial charge in [0.25, 0.3) is 5.56 Å². The lowest BCUT2D eigenvalue weighted by Crippen LogP contribution is -2.17. The Balaban J connectivity index is 1.88. The second kappa shape index (κ2) is 6.55. The Hall–Kier alpha value is -2.88. The van der Waals surface area contributed by atoms with Crippen molar-refractivity contribution in [3.05, 3.63) is 70.3 Å². The third-order valence-corrected chi connectivity index (χ3v) is 4.71. The second-order valence-electron chi connectivity index (χ2n) is 6.31. The monoisotopic (exact) mass is 332 g/mol. The maximum absolute atomic E-state index is 12.5. The van der Waals surface area contributed by atoms with Crippen LogP contribution in [0.2, 0.25) is 0 Å². The number of nitrogens with zero attached hydrogens (tertiary/aromatic N) is 2. The first-order valence-corrected chi connectivity index (χ1v) is 8.61. The summed E-state index contributed by atoms with van der Waals surface area (Å²) in [6, 6.07) is 15.7. The van der Waals surface area contributed by atoms with Crippen molar-refractivity contribution in [2.45, 2.75) is 25.8 Å². The molecule has 0 aliphatic carbocycles. The number of allylic oxidation sites excluding steroid dienone is 1. The molecule has 0 bridgehead atoms. The number of rotatable bonds is 2. The summed E-state index contributed by atoms with van der Waals surface area (Å²) in [6.45, 7) is 0.892. The van der Waals surface area contributed by atoms with Crippen molar-refractivity contribution in [3.63, 3.8) is 0 Å². The van der Waals surface area contributed by atoms with Crippen LogP contribution in [0.1, 0.15) is 30.7 Å². The minimum absolute atomic E-state index is 0.149. The summed E-state index contributed by atoms with van der Waals surface area (Å²) >= 11 is 0. The summed E-state index contributed by atoms with van der Waals surface area (Å²) in [5, 5.41) is 0.692. The number of fused-ring (bicyclic) bond motifs is 3. The van der Waals surface area contributed by atoms with Gasteiger partial charge >= 0.3 is 0 Å². The molecule has 0 radical (unpaired) electrons. The van der Waals surface area contributed by atoms with Gasteiger partial charge in [-0.1, -0.05) is 24.3 Å². The van der Waals surface area contributed by atoms with Crippen LogP contribution in [-0.4, -0.2) is 16.7 Å². The highest BCUT2D eigenvalue weighted by atomic mass is 16.5. The molecule has 0 amide bonds. The van der Waals surface area contributed by atoms with Gasteiger partial charge in [-0.2, -0.15) is 4.98 Å². The lowest BCUT2D eigenvalue weighted by atomic mass is 10.1. The predicted octanol–water partition coefficient (Wildman–Crippen LogP) is 4.13. The van der Waals surface area contributed by atoms with Crippen LogP contribution in [0, 0.1) is 0 Å². The minimum Gasteiger partial charge on any atom is -0.497 e. The van der Waals surface area contributed by atoms with Crippen LogP contribution < -0.4 is 10.3 Å². The molecular weight excluding hydrogens is 312 g/mol. The summed E-state index contributed by atoms with van der Waals surface area (Å²) in [5.74, 6) is 1.64. The van der Waals surface area contributed by atoms with Gasteiger partial charge in [-0.3, -0.25) is 4.79 Å². The van der Waals surface area contributed by atoms with Gasteiger partial charge in [-0.25, -0.2) is 0 Å². The van der Waals surface area contributed by atoms with Crippen LogP contribution >= 0.6 is 0 Å². The fourth-order valence-corrected chi connectivity index (χ4v) is 3.43. The largest absolute Gasteiger partial charge is 0.497 e. The Morgan fingerprint density at radius 3 is 2.68 bits per heavy atom. The van der Waals surface area contributed by atoms with Crippen LogP contribution in [0.3, 0.4) is 0 Å². The van der Waals surface area contributed by atoms with E-state index in [2.05, 4.69) is 15.6 Å². The van der Waals surface area contributed by atoms with Crippen LogP contribution in [0.15, 0.2) is 53.3 Å². The van der Waals surface area contributed by atoms with Gasteiger partial charge in [-0.05, 0) is 60.7 Å². The maximum Gasteiger partial charge on any atom is 0.281 e. The topological polar surface area (TPSA) is 44.1 Å². The van der Waals surface area contributed by atoms with Crippen LogP contribution in [0.25, 0.3) is 22.6 Å². The smallest absolute Gasteiger partial charge is 0.281 e. The summed E-state index contributed by atoms with van der Waals surface area (Å²) in [4.78, 5) is 16.9. The van der Waals surface area contributed by atoms with Gasteiger partial charge in [0.1, 0.15) is 11.6 Å². The summed E-state index contributed by atoms with van der Waals surface area (Å²) in [5.41, 5.74) is 3.03. The molecule has 1 aliphatic rings. The average Bonchev–Trinajstić information content (AvgIpc) is 2.85. The third kappa shape index (κ3) is 2.95. The van der Waals surface area contributed by atoms with E-state index >= 15 is 0 Å². The number of hydrogen-bond donors (Lipinski definition) is 0. The van der Waals surface area contributed by atoms with E-state index in [1.807, 2.05) is 48.5 Å². The Labute approximate surface area is 146 Å². The molecule has 4 heteroatoms. The van der Waals surface area contributed by atoms with Crippen molar-refractivity contribution < 1.29 is 4.74 Å². The van der Waals surface area contributed by atoms with Crippen molar-refractivity contribution in [1.82, 2.24) is 9.55 Å². The van der Waals surface area contributed by atoms with Crippen molar-refractivity contribution in [3.8, 4) is 5.75 Å². The number of hydrogen-bond acceptors (Lipinski definition) is 3. The zero-order valence-corrected chi connectivity index (χ0v) is 14.2. The fourth-order valence-electron chi connectivity index (χ4n) is 3.43. The maximum atomic E-state index is 12.5. The number of aryl methyl sites for hydroxylation is 1. The standard InChI is InChI=1S/C21H20N2O2/c1-25-17-11-9-15(10-12-17)14-16-6-4-5-13-23-19-8-3-2-7-18(19)21(24)22-20(16)23/h2-3,7-12,14H,4-6,13H2,1H3/b16-14-. The number of ether oxygens (including phenoxy) is 1. The molecule has 4 rings (SSSR count). The summed E-state index contributed by atoms with van der Waals surface area (Å²) in [7, 11) is 1.66. The molecule has 0 N–H and O–H groups in total. The highest BCUT2D eigenvalue weighted by molar-refractivity contribution is 5.84. The molecule has 0 saturated carbocycles. The van der Waals surface area contributed by atoms with E-state index in [0.717, 1.165) is 54.0 Å². The molecule has 0 spiro atoms. The zero-order valence-electron chi connectivity index (χ0n) is 14.2. The Kier molecular flexibility index (Phi) is 4.10. The molecule has 0 fully saturated rings. The SMILES string of the molecule is COc1ccc(/C=C2/CCCCn3c2nc(=O)c2ccccc23)cc1. The van der Waals surface area contributed by atoms with E-state index in [9.17, 15) is 4.79 Å². The first kappa shape index (κ1) is 15.6. The number of aromatic nitrogens is 2. The Bertz CT molecular complexity index is 1000. The third-order valence-electron chi connectivity index (χ3n) is 4.71. The summed E-state index contributed by atoms with van der Waals surface area (Å²) in [6.07, 6.45) is 5.24. The summed E-state index contributed by atoms with van der Waals surface area (Å²) < 4.78 is 7.41. The molecule has 25 heavy (non-hydrogen) atoms. The van der Waals surface area contributed by atoms with E-state index in [4.69, 9.17) is 4.74 Å². The molecule has 0 atom stereocenters. The van der Waals surface area contributed by atoms with Gasteiger partial charge in [0, 0.05) is 6.54 Å². The quantitative estimate of drug-likeness (QED) is 0.709. The van der Waals surface area contributed by atoms with Crippen molar-refractivity contribution >= 4 is 22.6 Å². The first-order chi connectivity index (χ1) is 12.3. The first-order valence-electron chi connectivity index (χ1n) is 8.61. The molecule has 2 aromatic carbocycles. The van der Waals surface area contributed by atoms with Crippen molar-refractivity contribution in [2.75, 3.05) is 7.11 Å². The predicted molar refractivity (Wildman–Crippen MR) is 101 cm³/mol. The minimum atomic E-state index is -0.149. The van der Waals surface area contributed by atoms with Gasteiger partial charge in [0.2, 0.25) is 0 Å². The van der Waals surface area contributed by atoms with E-state index in [1.54, 1.807) is 7.11 Å². The normalized spacial score (nSPS) is 15.8. The van der Waals surface area contributed by atoms with Crippen LogP contribution in [-0.2, 0) is 6.54 Å². The molecule has 0 saturated heterocycles. The fraction of sp³-hybridized carbons (Fsp3) is 0.238. The van der Waals surface area contributed by atoms with Crippen LogP contribution in [0.4, 0.5) is 0 Å². The van der Waals surface area contributed by atoms with Gasteiger partial charge in [0.05, 0.1) is 18.0 Å². The van der Waals surface area contributed by atoms with Crippen molar-refractivity contribution in [1.29, 1.82) is 0 Å². The highest BCUT2D eigenvalue weighted by Gasteiger charge is 2.17. The lowest BCUT2D eigenvalue weighted by molar-refractivity contribution is 0.415. The van der Waals surface area contributed by atoms with E-state index in [-0.39, 0.29) is 5.56 Å². The molecule has 1 aromatic heterocycles. The molecule has 126 valence electrons. The molecule has 0 unspecified atom stereocenters. The molecular formula is C21H20N2O2. The number of para-hydroxylation sites is 1. The second-order valence-corrected chi connectivity index (χ2v) is 6.31.